The van der Waals surface area contributed by atoms with Crippen molar-refractivity contribution in [2.45, 2.75) is 38.2 Å². The summed E-state index contributed by atoms with van der Waals surface area (Å²) < 4.78 is 5.83. The van der Waals surface area contributed by atoms with E-state index in [1.54, 1.807) is 0 Å². The van der Waals surface area contributed by atoms with Crippen LogP contribution in [-0.2, 0) is 6.61 Å². The van der Waals surface area contributed by atoms with E-state index in [1.165, 1.54) is 36.8 Å². The average molecular weight is 265 g/mol. The Bertz CT molecular complexity index is 509. The van der Waals surface area contributed by atoms with Crippen LogP contribution < -0.4 is 4.74 Å². The maximum Gasteiger partial charge on any atom is 0.119 e. The summed E-state index contributed by atoms with van der Waals surface area (Å²) in [5.41, 5.74) is 2.67. The molecule has 1 aliphatic rings. The highest BCUT2D eigenvalue weighted by atomic mass is 16.5. The number of hydrogen-bond acceptors (Lipinski definition) is 1. The molecule has 0 bridgehead atoms. The van der Waals surface area contributed by atoms with Crippen molar-refractivity contribution in [3.8, 4) is 5.75 Å². The van der Waals surface area contributed by atoms with Crippen LogP contribution in [0.3, 0.4) is 0 Å². The van der Waals surface area contributed by atoms with Crippen molar-refractivity contribution in [1.82, 2.24) is 0 Å². The van der Waals surface area contributed by atoms with Crippen LogP contribution in [0.4, 0.5) is 0 Å². The Hall–Kier alpha value is -1.76. The van der Waals surface area contributed by atoms with Gasteiger partial charge in [0.2, 0.25) is 0 Å². The van der Waals surface area contributed by atoms with Gasteiger partial charge in [0.15, 0.2) is 0 Å². The highest BCUT2D eigenvalue weighted by molar-refractivity contribution is 5.30. The van der Waals surface area contributed by atoms with Crippen LogP contribution in [0, 0.1) is 6.42 Å². The number of rotatable bonds is 4. The Labute approximate surface area is 121 Å². The van der Waals surface area contributed by atoms with Crippen molar-refractivity contribution in [2.75, 3.05) is 0 Å². The quantitative estimate of drug-likeness (QED) is 0.745. The van der Waals surface area contributed by atoms with Crippen LogP contribution in [-0.4, -0.2) is 0 Å². The Morgan fingerprint density at radius 1 is 0.850 bits per heavy atom. The zero-order chi connectivity index (χ0) is 13.6. The molecule has 2 aromatic rings. The summed E-state index contributed by atoms with van der Waals surface area (Å²) >= 11 is 0. The molecule has 1 nitrogen and oxygen atoms in total. The third-order valence-electron chi connectivity index (χ3n) is 4.04. The van der Waals surface area contributed by atoms with E-state index in [2.05, 4.69) is 42.8 Å². The fourth-order valence-corrected chi connectivity index (χ4v) is 2.84. The van der Waals surface area contributed by atoms with Crippen molar-refractivity contribution >= 4 is 0 Å². The van der Waals surface area contributed by atoms with Gasteiger partial charge in [-0.25, -0.2) is 0 Å². The second kappa shape index (κ2) is 6.60. The average Bonchev–Trinajstić information content (AvgIpc) is 2.55. The molecule has 0 atom stereocenters. The Morgan fingerprint density at radius 2 is 1.55 bits per heavy atom. The third-order valence-corrected chi connectivity index (χ3v) is 4.04. The minimum Gasteiger partial charge on any atom is -0.489 e. The van der Waals surface area contributed by atoms with E-state index in [0.29, 0.717) is 6.61 Å². The van der Waals surface area contributed by atoms with Crippen LogP contribution in [0.25, 0.3) is 0 Å². The first-order valence-electron chi connectivity index (χ1n) is 7.50. The SMILES string of the molecule is [CH]1CCC(c2ccc(OCc3ccccc3)cc2)CC1. The molecule has 1 radical (unpaired) electrons. The maximum atomic E-state index is 5.83. The predicted molar refractivity (Wildman–Crippen MR) is 82.7 cm³/mol. The van der Waals surface area contributed by atoms with Gasteiger partial charge in [-0.2, -0.15) is 0 Å². The second-order valence-electron chi connectivity index (χ2n) is 5.48. The summed E-state index contributed by atoms with van der Waals surface area (Å²) in [6.07, 6.45) is 7.52. The van der Waals surface area contributed by atoms with Crippen LogP contribution in [0.1, 0.15) is 42.7 Å². The molecular formula is C19H21O. The highest BCUT2D eigenvalue weighted by Crippen LogP contribution is 2.32. The van der Waals surface area contributed by atoms with Gasteiger partial charge in [0.1, 0.15) is 12.4 Å². The molecule has 20 heavy (non-hydrogen) atoms. The molecule has 0 aromatic heterocycles. The minimum atomic E-state index is 0.637. The first-order valence-corrected chi connectivity index (χ1v) is 7.50. The van der Waals surface area contributed by atoms with Crippen LogP contribution in [0.2, 0.25) is 0 Å². The molecule has 0 amide bonds. The smallest absolute Gasteiger partial charge is 0.119 e. The van der Waals surface area contributed by atoms with E-state index in [4.69, 9.17) is 4.74 Å². The first-order chi connectivity index (χ1) is 9.92. The van der Waals surface area contributed by atoms with E-state index in [1.807, 2.05) is 18.2 Å². The molecule has 0 unspecified atom stereocenters. The van der Waals surface area contributed by atoms with Crippen LogP contribution in [0.5, 0.6) is 5.75 Å². The lowest BCUT2D eigenvalue weighted by Crippen LogP contribution is -2.04. The van der Waals surface area contributed by atoms with Crippen molar-refractivity contribution in [3.63, 3.8) is 0 Å². The second-order valence-corrected chi connectivity index (χ2v) is 5.48. The fourth-order valence-electron chi connectivity index (χ4n) is 2.84. The third kappa shape index (κ3) is 3.41. The van der Waals surface area contributed by atoms with Crippen LogP contribution >= 0.6 is 0 Å². The van der Waals surface area contributed by atoms with E-state index in [-0.39, 0.29) is 0 Å². The van der Waals surface area contributed by atoms with E-state index in [0.717, 1.165) is 11.7 Å². The molecule has 3 rings (SSSR count). The lowest BCUT2D eigenvalue weighted by atomic mass is 9.84. The number of ether oxygens (including phenoxy) is 1. The molecule has 1 heteroatoms. The largest absolute Gasteiger partial charge is 0.489 e. The minimum absolute atomic E-state index is 0.637. The molecule has 103 valence electrons. The van der Waals surface area contributed by atoms with Crippen LogP contribution in [0.15, 0.2) is 54.6 Å². The topological polar surface area (TPSA) is 9.23 Å². The summed E-state index contributed by atoms with van der Waals surface area (Å²) in [4.78, 5) is 0. The molecule has 0 N–H and O–H groups in total. The van der Waals surface area contributed by atoms with Gasteiger partial charge in [0.25, 0.3) is 0 Å². The van der Waals surface area contributed by atoms with Gasteiger partial charge in [-0.3, -0.25) is 0 Å². The van der Waals surface area contributed by atoms with Crippen molar-refractivity contribution in [3.05, 3.63) is 72.1 Å². The van der Waals surface area contributed by atoms with Crippen molar-refractivity contribution in [1.29, 1.82) is 0 Å². The first kappa shape index (κ1) is 13.2. The normalized spacial score (nSPS) is 16.0. The summed E-state index contributed by atoms with van der Waals surface area (Å²) in [5, 5.41) is 0. The van der Waals surface area contributed by atoms with Gasteiger partial charge < -0.3 is 4.74 Å². The van der Waals surface area contributed by atoms with Gasteiger partial charge in [-0.05, 0) is 61.3 Å². The van der Waals surface area contributed by atoms with E-state index in [9.17, 15) is 0 Å². The van der Waals surface area contributed by atoms with Gasteiger partial charge in [-0.1, -0.05) is 42.5 Å². The standard InChI is InChI=1S/C19H21O/c1-3-7-16(8-4-1)15-20-19-13-11-18(12-14-19)17-9-5-2-6-10-17/h1-4,7-8,11-14,17H,5-6,9-10,15H2. The Kier molecular flexibility index (Phi) is 4.37. The molecule has 1 aliphatic carbocycles. The van der Waals surface area contributed by atoms with Gasteiger partial charge >= 0.3 is 0 Å². The predicted octanol–water partition coefficient (Wildman–Crippen LogP) is 5.13. The fraction of sp³-hybridized carbons (Fsp3) is 0.316. The van der Waals surface area contributed by atoms with Gasteiger partial charge in [0.05, 0.1) is 0 Å². The Morgan fingerprint density at radius 3 is 2.25 bits per heavy atom. The summed E-state index contributed by atoms with van der Waals surface area (Å²) in [5.74, 6) is 1.70. The van der Waals surface area contributed by atoms with E-state index < -0.39 is 0 Å². The summed E-state index contributed by atoms with van der Waals surface area (Å²) in [7, 11) is 0. The maximum absolute atomic E-state index is 5.83. The molecule has 0 spiro atoms. The molecule has 0 saturated heterocycles. The zero-order valence-electron chi connectivity index (χ0n) is 11.8. The Balaban J connectivity index is 1.58. The molecule has 1 saturated carbocycles. The molecule has 2 aromatic carbocycles. The number of hydrogen-bond donors (Lipinski definition) is 0. The lowest BCUT2D eigenvalue weighted by molar-refractivity contribution is 0.306. The monoisotopic (exact) mass is 265 g/mol. The highest BCUT2D eigenvalue weighted by Gasteiger charge is 2.15. The molecule has 0 heterocycles. The van der Waals surface area contributed by atoms with Crippen molar-refractivity contribution in [2.24, 2.45) is 0 Å². The lowest BCUT2D eigenvalue weighted by Gasteiger charge is -2.21. The zero-order valence-corrected chi connectivity index (χ0v) is 11.8. The summed E-state index contributed by atoms with van der Waals surface area (Å²) in [6.45, 7) is 0.637. The molecule has 1 fully saturated rings. The van der Waals surface area contributed by atoms with Gasteiger partial charge in [0, 0.05) is 0 Å². The van der Waals surface area contributed by atoms with Crippen molar-refractivity contribution < 1.29 is 4.74 Å². The molecular weight excluding hydrogens is 244 g/mol. The summed E-state index contributed by atoms with van der Waals surface area (Å²) in [6, 6.07) is 19.0. The van der Waals surface area contributed by atoms with Gasteiger partial charge in [-0.15, -0.1) is 0 Å². The van der Waals surface area contributed by atoms with E-state index >= 15 is 0 Å². The number of benzene rings is 2. The molecule has 0 aliphatic heterocycles.